The predicted octanol–water partition coefficient (Wildman–Crippen LogP) is 3.11. The van der Waals surface area contributed by atoms with Gasteiger partial charge in [0.2, 0.25) is 0 Å². The molecule has 0 aromatic heterocycles. The summed E-state index contributed by atoms with van der Waals surface area (Å²) in [7, 11) is -4.08. The molecule has 132 valence electrons. The number of carbonyl (C=O) groups excluding carboxylic acids is 1. The molecule has 0 saturated heterocycles. The number of hydrogen-bond acceptors (Lipinski definition) is 4. The number of Topliss-reactive ketones (excluding diaryl/α,β-unsaturated/α-hetero) is 1. The van der Waals surface area contributed by atoms with Crippen LogP contribution >= 0.6 is 0 Å². The van der Waals surface area contributed by atoms with E-state index in [1.165, 1.54) is 28.3 Å². The molecule has 0 saturated carbocycles. The molecular formula is C19H21NO4S. The third-order valence-electron chi connectivity index (χ3n) is 5.03. The fraction of sp³-hybridized carbons (Fsp3) is 0.316. The van der Waals surface area contributed by atoms with E-state index in [9.17, 15) is 13.2 Å². The van der Waals surface area contributed by atoms with Crippen LogP contribution < -0.4 is 9.32 Å². The quantitative estimate of drug-likeness (QED) is 0.912. The molecule has 0 heterocycles. The van der Waals surface area contributed by atoms with Crippen molar-refractivity contribution in [1.29, 1.82) is 0 Å². The van der Waals surface area contributed by atoms with Gasteiger partial charge in [0.1, 0.15) is 5.75 Å². The molecule has 25 heavy (non-hydrogen) atoms. The highest BCUT2D eigenvalue weighted by Gasteiger charge is 2.28. The van der Waals surface area contributed by atoms with Crippen molar-refractivity contribution in [2.45, 2.75) is 39.5 Å². The first-order valence-electron chi connectivity index (χ1n) is 8.10. The van der Waals surface area contributed by atoms with Crippen LogP contribution in [0.15, 0.2) is 30.3 Å². The Hall–Kier alpha value is -2.18. The van der Waals surface area contributed by atoms with Crippen LogP contribution in [0.2, 0.25) is 0 Å². The van der Waals surface area contributed by atoms with Crippen LogP contribution in [0.25, 0.3) is 0 Å². The van der Waals surface area contributed by atoms with Gasteiger partial charge in [0, 0.05) is 12.0 Å². The van der Waals surface area contributed by atoms with Crippen molar-refractivity contribution in [2.75, 3.05) is 0 Å². The first-order chi connectivity index (χ1) is 11.7. The topological polar surface area (TPSA) is 86.5 Å². The summed E-state index contributed by atoms with van der Waals surface area (Å²) in [6, 6.07) is 8.84. The lowest BCUT2D eigenvalue weighted by molar-refractivity contribution is 0.0964. The molecule has 5 nitrogen and oxygen atoms in total. The van der Waals surface area contributed by atoms with Crippen LogP contribution in [0.5, 0.6) is 5.75 Å². The summed E-state index contributed by atoms with van der Waals surface area (Å²) >= 11 is 0. The molecule has 2 N–H and O–H groups in total. The van der Waals surface area contributed by atoms with Gasteiger partial charge in [-0.2, -0.15) is 13.6 Å². The Bertz CT molecular complexity index is 964. The molecule has 0 amide bonds. The Morgan fingerprint density at radius 2 is 1.76 bits per heavy atom. The average molecular weight is 359 g/mol. The van der Waals surface area contributed by atoms with Crippen LogP contribution in [0, 0.1) is 20.8 Å². The van der Waals surface area contributed by atoms with Gasteiger partial charge in [0.15, 0.2) is 5.78 Å². The smallest absolute Gasteiger partial charge is 0.371 e. The van der Waals surface area contributed by atoms with E-state index < -0.39 is 10.3 Å². The number of aryl methyl sites for hydroxylation is 1. The number of fused-ring (bicyclic) bond motifs is 1. The normalized spacial score (nSPS) is 17.3. The molecular weight excluding hydrogens is 338 g/mol. The standard InChI is InChI=1S/C19H21NO4S/c1-11-4-6-17(13(3)12(11)2)15-8-14-9-16(24-25(20,22)23)5-7-18(14)19(21)10-15/h4-7,9,15H,8,10H2,1-3H3,(H2,20,22,23)/t15-/m1/s1. The minimum atomic E-state index is -4.08. The summed E-state index contributed by atoms with van der Waals surface area (Å²) in [5.74, 6) is 0.265. The lowest BCUT2D eigenvalue weighted by atomic mass is 9.77. The molecule has 0 spiro atoms. The van der Waals surface area contributed by atoms with Gasteiger partial charge in [-0.15, -0.1) is 0 Å². The monoisotopic (exact) mass is 359 g/mol. The molecule has 0 unspecified atom stereocenters. The first kappa shape index (κ1) is 17.6. The zero-order chi connectivity index (χ0) is 18.4. The maximum Gasteiger partial charge on any atom is 0.380 e. The molecule has 1 atom stereocenters. The number of carbonyl (C=O) groups is 1. The second-order valence-corrected chi connectivity index (χ2v) is 7.80. The van der Waals surface area contributed by atoms with E-state index in [0.717, 1.165) is 5.56 Å². The largest absolute Gasteiger partial charge is 0.380 e. The van der Waals surface area contributed by atoms with E-state index in [1.54, 1.807) is 12.1 Å². The van der Waals surface area contributed by atoms with Crippen LogP contribution in [0.4, 0.5) is 0 Å². The van der Waals surface area contributed by atoms with Gasteiger partial charge in [-0.1, -0.05) is 12.1 Å². The molecule has 0 radical (unpaired) electrons. The number of hydrogen-bond donors (Lipinski definition) is 1. The minimum Gasteiger partial charge on any atom is -0.371 e. The minimum absolute atomic E-state index is 0.0611. The third-order valence-corrected chi connectivity index (χ3v) is 5.45. The maximum absolute atomic E-state index is 12.5. The van der Waals surface area contributed by atoms with Gasteiger partial charge < -0.3 is 4.18 Å². The maximum atomic E-state index is 12.5. The number of ketones is 1. The van der Waals surface area contributed by atoms with Crippen molar-refractivity contribution in [3.05, 3.63) is 63.7 Å². The van der Waals surface area contributed by atoms with Crippen molar-refractivity contribution in [3.8, 4) is 5.75 Å². The number of benzene rings is 2. The zero-order valence-corrected chi connectivity index (χ0v) is 15.3. The highest BCUT2D eigenvalue weighted by atomic mass is 32.2. The highest BCUT2D eigenvalue weighted by molar-refractivity contribution is 7.84. The van der Waals surface area contributed by atoms with Gasteiger partial charge in [0.05, 0.1) is 0 Å². The Morgan fingerprint density at radius 1 is 1.04 bits per heavy atom. The molecule has 0 fully saturated rings. The molecule has 2 aromatic carbocycles. The zero-order valence-electron chi connectivity index (χ0n) is 14.5. The van der Waals surface area contributed by atoms with Gasteiger partial charge in [0.25, 0.3) is 0 Å². The van der Waals surface area contributed by atoms with Crippen LogP contribution in [0.3, 0.4) is 0 Å². The third kappa shape index (κ3) is 3.60. The summed E-state index contributed by atoms with van der Waals surface area (Å²) in [5, 5.41) is 4.92. The van der Waals surface area contributed by atoms with Crippen LogP contribution in [0.1, 0.15) is 50.5 Å². The van der Waals surface area contributed by atoms with Crippen LogP contribution in [-0.4, -0.2) is 14.2 Å². The molecule has 6 heteroatoms. The SMILES string of the molecule is Cc1ccc([C@H]2CC(=O)c3ccc(OS(N)(=O)=O)cc3C2)c(C)c1C. The molecule has 0 aliphatic heterocycles. The summed E-state index contributed by atoms with van der Waals surface area (Å²) in [6.07, 6.45) is 1.11. The van der Waals surface area contributed by atoms with Crippen molar-refractivity contribution < 1.29 is 17.4 Å². The van der Waals surface area contributed by atoms with Crippen LogP contribution in [-0.2, 0) is 16.7 Å². The molecule has 1 aliphatic rings. The number of nitrogens with two attached hydrogens (primary N) is 1. The van der Waals surface area contributed by atoms with Crippen molar-refractivity contribution in [1.82, 2.24) is 0 Å². The fourth-order valence-electron chi connectivity index (χ4n) is 3.51. The predicted molar refractivity (Wildman–Crippen MR) is 96.2 cm³/mol. The second kappa shape index (κ2) is 6.28. The summed E-state index contributed by atoms with van der Waals surface area (Å²) in [5.41, 5.74) is 6.26. The number of rotatable bonds is 3. The summed E-state index contributed by atoms with van der Waals surface area (Å²) in [4.78, 5) is 12.5. The lowest BCUT2D eigenvalue weighted by Gasteiger charge is -2.26. The van der Waals surface area contributed by atoms with E-state index in [-0.39, 0.29) is 17.5 Å². The van der Waals surface area contributed by atoms with Gasteiger partial charge >= 0.3 is 10.3 Å². The van der Waals surface area contributed by atoms with E-state index in [0.29, 0.717) is 18.4 Å². The average Bonchev–Trinajstić information content (AvgIpc) is 2.50. The molecule has 0 bridgehead atoms. The Morgan fingerprint density at radius 3 is 2.44 bits per heavy atom. The Balaban J connectivity index is 1.98. The fourth-order valence-corrected chi connectivity index (χ4v) is 3.88. The lowest BCUT2D eigenvalue weighted by Crippen LogP contribution is -2.21. The second-order valence-electron chi connectivity index (χ2n) is 6.65. The van der Waals surface area contributed by atoms with E-state index in [4.69, 9.17) is 9.32 Å². The molecule has 2 aromatic rings. The molecule has 1 aliphatic carbocycles. The first-order valence-corrected chi connectivity index (χ1v) is 9.58. The summed E-state index contributed by atoms with van der Waals surface area (Å²) < 4.78 is 27.0. The Kier molecular flexibility index (Phi) is 4.43. The van der Waals surface area contributed by atoms with Crippen molar-refractivity contribution in [2.24, 2.45) is 5.14 Å². The highest BCUT2D eigenvalue weighted by Crippen LogP contribution is 2.36. The van der Waals surface area contributed by atoms with E-state index in [1.807, 2.05) is 0 Å². The van der Waals surface area contributed by atoms with E-state index >= 15 is 0 Å². The van der Waals surface area contributed by atoms with Gasteiger partial charge in [-0.25, -0.2) is 0 Å². The van der Waals surface area contributed by atoms with Gasteiger partial charge in [-0.05, 0) is 79.1 Å². The van der Waals surface area contributed by atoms with E-state index in [2.05, 4.69) is 32.9 Å². The molecule has 3 rings (SSSR count). The van der Waals surface area contributed by atoms with Crippen molar-refractivity contribution >= 4 is 16.1 Å². The van der Waals surface area contributed by atoms with Crippen molar-refractivity contribution in [3.63, 3.8) is 0 Å². The Labute approximate surface area is 148 Å². The summed E-state index contributed by atoms with van der Waals surface area (Å²) in [6.45, 7) is 6.24. The van der Waals surface area contributed by atoms with Gasteiger partial charge in [-0.3, -0.25) is 4.79 Å².